The summed E-state index contributed by atoms with van der Waals surface area (Å²) in [6.07, 6.45) is 6.30. The predicted octanol–water partition coefficient (Wildman–Crippen LogP) is 5.15. The minimum Gasteiger partial charge on any atom is -0.395 e. The van der Waals surface area contributed by atoms with Crippen LogP contribution < -0.4 is 5.73 Å². The van der Waals surface area contributed by atoms with Crippen LogP contribution in [0.4, 0.5) is 0 Å². The molecule has 1 aliphatic rings. The van der Waals surface area contributed by atoms with Crippen LogP contribution in [0.1, 0.15) is 44.0 Å². The lowest BCUT2D eigenvalue weighted by Gasteiger charge is -2.38. The maximum absolute atomic E-state index is 9.48. The summed E-state index contributed by atoms with van der Waals surface area (Å²) >= 11 is 0. The third-order valence-corrected chi connectivity index (χ3v) is 7.83. The fourth-order valence-electron chi connectivity index (χ4n) is 5.54. The SMILES string of the molecule is CCCN(CCO)Cc1nnc2c3cc(-c4ccccc4)c(-c4ccc(C5(N)CCC5)cc4)nc3ccn12. The van der Waals surface area contributed by atoms with Gasteiger partial charge < -0.3 is 10.8 Å². The molecule has 1 fully saturated rings. The largest absolute Gasteiger partial charge is 0.395 e. The summed E-state index contributed by atoms with van der Waals surface area (Å²) in [6, 6.07) is 23.3. The molecule has 0 spiro atoms. The van der Waals surface area contributed by atoms with Crippen molar-refractivity contribution in [2.24, 2.45) is 5.73 Å². The molecule has 38 heavy (non-hydrogen) atoms. The molecule has 1 saturated carbocycles. The van der Waals surface area contributed by atoms with Gasteiger partial charge in [-0.3, -0.25) is 9.30 Å². The van der Waals surface area contributed by atoms with Gasteiger partial charge in [-0.05, 0) is 55.5 Å². The Morgan fingerprint density at radius 3 is 2.45 bits per heavy atom. The third kappa shape index (κ3) is 4.47. The van der Waals surface area contributed by atoms with E-state index in [-0.39, 0.29) is 12.1 Å². The summed E-state index contributed by atoms with van der Waals surface area (Å²) in [5.74, 6) is 0.858. The summed E-state index contributed by atoms with van der Waals surface area (Å²) < 4.78 is 2.05. The van der Waals surface area contributed by atoms with Crippen molar-refractivity contribution >= 4 is 16.6 Å². The van der Waals surface area contributed by atoms with Crippen molar-refractivity contribution in [3.05, 3.63) is 84.3 Å². The van der Waals surface area contributed by atoms with Crippen molar-refractivity contribution in [1.29, 1.82) is 0 Å². The fourth-order valence-corrected chi connectivity index (χ4v) is 5.54. The molecule has 3 N–H and O–H groups in total. The van der Waals surface area contributed by atoms with Crippen LogP contribution in [-0.4, -0.2) is 49.3 Å². The van der Waals surface area contributed by atoms with Crippen LogP contribution in [0.3, 0.4) is 0 Å². The normalized spacial score (nSPS) is 14.8. The van der Waals surface area contributed by atoms with Crippen LogP contribution in [0.15, 0.2) is 72.9 Å². The van der Waals surface area contributed by atoms with E-state index in [1.807, 2.05) is 22.7 Å². The van der Waals surface area contributed by atoms with Gasteiger partial charge in [-0.2, -0.15) is 0 Å². The van der Waals surface area contributed by atoms with Crippen molar-refractivity contribution < 1.29 is 5.11 Å². The van der Waals surface area contributed by atoms with Gasteiger partial charge in [0, 0.05) is 34.8 Å². The first-order chi connectivity index (χ1) is 18.6. The maximum Gasteiger partial charge on any atom is 0.170 e. The van der Waals surface area contributed by atoms with E-state index in [9.17, 15) is 5.11 Å². The Kier molecular flexibility index (Phi) is 6.66. The summed E-state index contributed by atoms with van der Waals surface area (Å²) in [7, 11) is 0. The predicted molar refractivity (Wildman–Crippen MR) is 152 cm³/mol. The van der Waals surface area contributed by atoms with E-state index in [1.165, 1.54) is 12.0 Å². The summed E-state index contributed by atoms with van der Waals surface area (Å²) in [4.78, 5) is 7.38. The number of hydrogen-bond donors (Lipinski definition) is 2. The van der Waals surface area contributed by atoms with Gasteiger partial charge in [0.25, 0.3) is 0 Å². The van der Waals surface area contributed by atoms with E-state index in [1.54, 1.807) is 0 Å². The van der Waals surface area contributed by atoms with Crippen LogP contribution in [0, 0.1) is 0 Å². The summed E-state index contributed by atoms with van der Waals surface area (Å²) in [5.41, 5.74) is 13.4. The van der Waals surface area contributed by atoms with Crippen molar-refractivity contribution in [3.8, 4) is 22.4 Å². The Balaban J connectivity index is 1.46. The molecule has 0 radical (unpaired) electrons. The minimum absolute atomic E-state index is 0.125. The van der Waals surface area contributed by atoms with E-state index in [4.69, 9.17) is 10.7 Å². The van der Waals surface area contributed by atoms with Gasteiger partial charge in [-0.15, -0.1) is 10.2 Å². The molecule has 0 atom stereocenters. The number of pyridine rings is 2. The molecule has 6 rings (SSSR count). The molecule has 0 bridgehead atoms. The second kappa shape index (κ2) is 10.3. The van der Waals surface area contributed by atoms with Crippen LogP contribution in [0.2, 0.25) is 0 Å². The number of nitrogens with zero attached hydrogens (tertiary/aromatic N) is 5. The highest BCUT2D eigenvalue weighted by Crippen LogP contribution is 2.40. The zero-order valence-electron chi connectivity index (χ0n) is 21.8. The molecule has 3 heterocycles. The quantitative estimate of drug-likeness (QED) is 0.287. The van der Waals surface area contributed by atoms with Gasteiger partial charge >= 0.3 is 0 Å². The highest BCUT2D eigenvalue weighted by molar-refractivity contribution is 5.98. The van der Waals surface area contributed by atoms with Crippen molar-refractivity contribution in [1.82, 2.24) is 24.5 Å². The maximum atomic E-state index is 9.48. The molecule has 3 aromatic heterocycles. The molecule has 5 aromatic rings. The monoisotopic (exact) mass is 506 g/mol. The standard InChI is InChI=1S/C31H34N6O/c1-2-16-36(18-19-38)21-28-34-35-30-26-20-25(22-7-4-3-5-8-22)29(33-27(26)13-17-37(28)30)23-9-11-24(12-10-23)31(32)14-6-15-31/h3-5,7-13,17,20,38H,2,6,14-16,18-19,21,32H2,1H3. The van der Waals surface area contributed by atoms with Crippen LogP contribution in [-0.2, 0) is 12.1 Å². The lowest BCUT2D eigenvalue weighted by molar-refractivity contribution is 0.187. The van der Waals surface area contributed by atoms with Crippen LogP contribution in [0.5, 0.6) is 0 Å². The number of aliphatic hydroxyl groups is 1. The fraction of sp³-hybridized carbons (Fsp3) is 0.323. The first-order valence-corrected chi connectivity index (χ1v) is 13.6. The Bertz CT molecular complexity index is 1550. The van der Waals surface area contributed by atoms with Gasteiger partial charge in [0.1, 0.15) is 0 Å². The lowest BCUT2D eigenvalue weighted by Crippen LogP contribution is -2.43. The van der Waals surface area contributed by atoms with E-state index < -0.39 is 0 Å². The van der Waals surface area contributed by atoms with E-state index >= 15 is 0 Å². The number of aliphatic hydroxyl groups excluding tert-OH is 1. The molecule has 0 amide bonds. The van der Waals surface area contributed by atoms with E-state index in [2.05, 4.69) is 76.6 Å². The lowest BCUT2D eigenvalue weighted by atomic mass is 9.72. The summed E-state index contributed by atoms with van der Waals surface area (Å²) in [5, 5.41) is 19.6. The smallest absolute Gasteiger partial charge is 0.170 e. The van der Waals surface area contributed by atoms with Crippen molar-refractivity contribution in [3.63, 3.8) is 0 Å². The molecule has 0 aliphatic heterocycles. The first kappa shape index (κ1) is 24.7. The average molecular weight is 507 g/mol. The zero-order valence-corrected chi connectivity index (χ0v) is 21.8. The summed E-state index contributed by atoms with van der Waals surface area (Å²) in [6.45, 7) is 4.41. The number of aromatic nitrogens is 4. The molecule has 1 aliphatic carbocycles. The Morgan fingerprint density at radius 2 is 1.76 bits per heavy atom. The number of fused-ring (bicyclic) bond motifs is 3. The van der Waals surface area contributed by atoms with Gasteiger partial charge in [-0.25, -0.2) is 4.98 Å². The third-order valence-electron chi connectivity index (χ3n) is 7.83. The second-order valence-corrected chi connectivity index (χ2v) is 10.4. The molecule has 0 unspecified atom stereocenters. The molecular formula is C31H34N6O. The van der Waals surface area contributed by atoms with Crippen LogP contribution in [0.25, 0.3) is 38.9 Å². The van der Waals surface area contributed by atoms with Gasteiger partial charge in [0.05, 0.1) is 24.4 Å². The average Bonchev–Trinajstić information content (AvgIpc) is 3.35. The van der Waals surface area contributed by atoms with Crippen LogP contribution >= 0.6 is 0 Å². The highest BCUT2D eigenvalue weighted by Gasteiger charge is 2.34. The topological polar surface area (TPSA) is 92.6 Å². The Labute approximate surface area is 223 Å². The first-order valence-electron chi connectivity index (χ1n) is 13.6. The number of rotatable bonds is 9. The Morgan fingerprint density at radius 1 is 0.974 bits per heavy atom. The van der Waals surface area contributed by atoms with Gasteiger partial charge in [-0.1, -0.05) is 61.5 Å². The van der Waals surface area contributed by atoms with Gasteiger partial charge in [0.15, 0.2) is 11.5 Å². The molecule has 7 nitrogen and oxygen atoms in total. The van der Waals surface area contributed by atoms with Crippen molar-refractivity contribution in [2.45, 2.75) is 44.7 Å². The van der Waals surface area contributed by atoms with E-state index in [0.717, 1.165) is 70.6 Å². The number of benzene rings is 2. The minimum atomic E-state index is -0.182. The van der Waals surface area contributed by atoms with Gasteiger partial charge in [0.2, 0.25) is 0 Å². The highest BCUT2D eigenvalue weighted by atomic mass is 16.3. The number of hydrogen-bond acceptors (Lipinski definition) is 6. The second-order valence-electron chi connectivity index (χ2n) is 10.4. The molecule has 7 heteroatoms. The Hall–Kier alpha value is -3.65. The molecule has 2 aromatic carbocycles. The zero-order chi connectivity index (χ0) is 26.1. The number of nitrogens with two attached hydrogens (primary N) is 1. The molecular weight excluding hydrogens is 472 g/mol. The molecule has 194 valence electrons. The van der Waals surface area contributed by atoms with Crippen molar-refractivity contribution in [2.75, 3.05) is 19.7 Å². The molecule has 0 saturated heterocycles. The van der Waals surface area contributed by atoms with E-state index in [0.29, 0.717) is 13.1 Å².